The summed E-state index contributed by atoms with van der Waals surface area (Å²) in [6, 6.07) is 13.0. The molecule has 1 N–H and O–H groups in total. The van der Waals surface area contributed by atoms with Crippen molar-refractivity contribution >= 4 is 11.6 Å². The van der Waals surface area contributed by atoms with Crippen molar-refractivity contribution in [3.63, 3.8) is 0 Å². The number of rotatable bonds is 2. The Labute approximate surface area is 107 Å². The Morgan fingerprint density at radius 2 is 1.47 bits per heavy atom. The number of alkyl halides is 3. The minimum Gasteiger partial charge on any atom is -0.322 e. The fourth-order valence-electron chi connectivity index (χ4n) is 1.65. The molecular formula is C14H10F3NO. The van der Waals surface area contributed by atoms with Crippen molar-refractivity contribution in [2.45, 2.75) is 6.18 Å². The molecule has 0 saturated carbocycles. The third kappa shape index (κ3) is 3.13. The van der Waals surface area contributed by atoms with Crippen LogP contribution in [0.5, 0.6) is 0 Å². The van der Waals surface area contributed by atoms with E-state index in [9.17, 15) is 18.0 Å². The van der Waals surface area contributed by atoms with E-state index in [2.05, 4.69) is 5.32 Å². The fourth-order valence-corrected chi connectivity index (χ4v) is 1.65. The fraction of sp³-hybridized carbons (Fsp3) is 0.0714. The first-order chi connectivity index (χ1) is 8.98. The van der Waals surface area contributed by atoms with Gasteiger partial charge in [0, 0.05) is 5.69 Å². The molecular weight excluding hydrogens is 255 g/mol. The summed E-state index contributed by atoms with van der Waals surface area (Å²) in [5.74, 6) is -0.779. The van der Waals surface area contributed by atoms with Gasteiger partial charge in [0.25, 0.3) is 5.91 Å². The van der Waals surface area contributed by atoms with E-state index in [1.807, 2.05) is 0 Å². The molecule has 0 aliphatic heterocycles. The maximum absolute atomic E-state index is 12.8. The Bertz CT molecular complexity index is 579. The van der Waals surface area contributed by atoms with Crippen molar-refractivity contribution in [3.05, 3.63) is 65.7 Å². The van der Waals surface area contributed by atoms with Gasteiger partial charge in [0.2, 0.25) is 0 Å². The number of carbonyl (C=O) groups is 1. The monoisotopic (exact) mass is 265 g/mol. The predicted molar refractivity (Wildman–Crippen MR) is 65.8 cm³/mol. The smallest absolute Gasteiger partial charge is 0.322 e. The first kappa shape index (κ1) is 13.1. The molecule has 2 aromatic rings. The van der Waals surface area contributed by atoms with Crippen LogP contribution in [-0.2, 0) is 6.18 Å². The van der Waals surface area contributed by atoms with Crippen LogP contribution in [0.2, 0.25) is 0 Å². The van der Waals surface area contributed by atoms with E-state index in [0.717, 1.165) is 12.1 Å². The minimum atomic E-state index is -4.55. The number of para-hydroxylation sites is 1. The van der Waals surface area contributed by atoms with Gasteiger partial charge in [0.1, 0.15) is 0 Å². The molecule has 0 atom stereocenters. The van der Waals surface area contributed by atoms with Crippen molar-refractivity contribution in [1.82, 2.24) is 0 Å². The van der Waals surface area contributed by atoms with Crippen LogP contribution in [0, 0.1) is 0 Å². The van der Waals surface area contributed by atoms with Gasteiger partial charge in [-0.15, -0.1) is 0 Å². The summed E-state index contributed by atoms with van der Waals surface area (Å²) < 4.78 is 38.3. The predicted octanol–water partition coefficient (Wildman–Crippen LogP) is 3.96. The van der Waals surface area contributed by atoms with Gasteiger partial charge in [-0.1, -0.05) is 30.3 Å². The molecule has 0 unspecified atom stereocenters. The van der Waals surface area contributed by atoms with E-state index >= 15 is 0 Å². The van der Waals surface area contributed by atoms with E-state index in [4.69, 9.17) is 0 Å². The van der Waals surface area contributed by atoms with Gasteiger partial charge in [0.15, 0.2) is 0 Å². The molecule has 2 rings (SSSR count). The Balaban J connectivity index is 2.30. The highest BCUT2D eigenvalue weighted by atomic mass is 19.4. The quantitative estimate of drug-likeness (QED) is 0.875. The molecule has 0 aromatic heterocycles. The third-order valence-electron chi connectivity index (χ3n) is 2.51. The average Bonchev–Trinajstić information content (AvgIpc) is 2.39. The molecule has 0 fully saturated rings. The lowest BCUT2D eigenvalue weighted by Gasteiger charge is -2.12. The van der Waals surface area contributed by atoms with Crippen LogP contribution in [0.15, 0.2) is 54.6 Å². The van der Waals surface area contributed by atoms with Gasteiger partial charge in [-0.3, -0.25) is 4.79 Å². The first-order valence-electron chi connectivity index (χ1n) is 5.51. The largest absolute Gasteiger partial charge is 0.417 e. The highest BCUT2D eigenvalue weighted by Gasteiger charge is 2.34. The number of nitrogens with one attached hydrogen (secondary N) is 1. The van der Waals surface area contributed by atoms with Crippen molar-refractivity contribution in [3.8, 4) is 0 Å². The van der Waals surface area contributed by atoms with Crippen molar-refractivity contribution < 1.29 is 18.0 Å². The Kier molecular flexibility index (Phi) is 3.55. The number of amides is 1. The van der Waals surface area contributed by atoms with Crippen molar-refractivity contribution in [2.24, 2.45) is 0 Å². The van der Waals surface area contributed by atoms with Crippen LogP contribution in [0.1, 0.15) is 15.9 Å². The van der Waals surface area contributed by atoms with Gasteiger partial charge in [-0.2, -0.15) is 13.2 Å². The lowest BCUT2D eigenvalue weighted by molar-refractivity contribution is -0.137. The summed E-state index contributed by atoms with van der Waals surface area (Å²) in [5.41, 5.74) is -0.883. The van der Waals surface area contributed by atoms with E-state index < -0.39 is 17.6 Å². The van der Waals surface area contributed by atoms with Crippen LogP contribution in [-0.4, -0.2) is 5.91 Å². The zero-order valence-corrected chi connectivity index (χ0v) is 9.74. The number of hydrogen-bond acceptors (Lipinski definition) is 1. The molecule has 0 saturated heterocycles. The number of anilines is 1. The van der Waals surface area contributed by atoms with Gasteiger partial charge in [0.05, 0.1) is 11.1 Å². The number of hydrogen-bond donors (Lipinski definition) is 1. The van der Waals surface area contributed by atoms with E-state index in [0.29, 0.717) is 5.69 Å². The minimum absolute atomic E-state index is 0.390. The van der Waals surface area contributed by atoms with Crippen LogP contribution in [0.3, 0.4) is 0 Å². The summed E-state index contributed by atoms with van der Waals surface area (Å²) >= 11 is 0. The normalized spacial score (nSPS) is 11.1. The molecule has 0 radical (unpaired) electrons. The Morgan fingerprint density at radius 3 is 2.11 bits per heavy atom. The van der Waals surface area contributed by atoms with E-state index in [-0.39, 0.29) is 5.56 Å². The lowest BCUT2D eigenvalue weighted by Crippen LogP contribution is -2.18. The molecule has 0 aliphatic rings. The second-order valence-corrected chi connectivity index (χ2v) is 3.86. The molecule has 0 heterocycles. The second-order valence-electron chi connectivity index (χ2n) is 3.86. The molecule has 2 aromatic carbocycles. The van der Waals surface area contributed by atoms with Crippen LogP contribution in [0.25, 0.3) is 0 Å². The summed E-state index contributed by atoms with van der Waals surface area (Å²) in [6.45, 7) is 0. The van der Waals surface area contributed by atoms with Gasteiger partial charge >= 0.3 is 6.18 Å². The summed E-state index contributed by atoms with van der Waals surface area (Å²) in [6.07, 6.45) is -4.55. The molecule has 0 spiro atoms. The van der Waals surface area contributed by atoms with Crippen molar-refractivity contribution in [2.75, 3.05) is 5.32 Å². The SMILES string of the molecule is O=C(Nc1ccccc1)c1ccccc1C(F)(F)F. The number of carbonyl (C=O) groups excluding carboxylic acids is 1. The number of benzene rings is 2. The second kappa shape index (κ2) is 5.14. The molecule has 0 aliphatic carbocycles. The Hall–Kier alpha value is -2.30. The van der Waals surface area contributed by atoms with Crippen LogP contribution in [0.4, 0.5) is 18.9 Å². The Morgan fingerprint density at radius 1 is 0.895 bits per heavy atom. The van der Waals surface area contributed by atoms with Gasteiger partial charge in [-0.25, -0.2) is 0 Å². The summed E-state index contributed by atoms with van der Waals surface area (Å²) in [4.78, 5) is 11.9. The summed E-state index contributed by atoms with van der Waals surface area (Å²) in [7, 11) is 0. The highest BCUT2D eigenvalue weighted by molar-refractivity contribution is 6.05. The van der Waals surface area contributed by atoms with E-state index in [1.165, 1.54) is 12.1 Å². The topological polar surface area (TPSA) is 29.1 Å². The molecule has 2 nitrogen and oxygen atoms in total. The van der Waals surface area contributed by atoms with E-state index in [1.54, 1.807) is 30.3 Å². The maximum atomic E-state index is 12.8. The van der Waals surface area contributed by atoms with Gasteiger partial charge in [-0.05, 0) is 24.3 Å². The molecule has 19 heavy (non-hydrogen) atoms. The zero-order valence-electron chi connectivity index (χ0n) is 9.74. The zero-order chi connectivity index (χ0) is 13.9. The number of halogens is 3. The van der Waals surface area contributed by atoms with Crippen molar-refractivity contribution in [1.29, 1.82) is 0 Å². The molecule has 1 amide bonds. The first-order valence-corrected chi connectivity index (χ1v) is 5.51. The standard InChI is InChI=1S/C14H10F3NO/c15-14(16,17)12-9-5-4-8-11(12)13(19)18-10-6-2-1-3-7-10/h1-9H,(H,18,19). The maximum Gasteiger partial charge on any atom is 0.417 e. The summed E-state index contributed by atoms with van der Waals surface area (Å²) in [5, 5.41) is 2.43. The highest BCUT2D eigenvalue weighted by Crippen LogP contribution is 2.32. The molecule has 0 bridgehead atoms. The average molecular weight is 265 g/mol. The van der Waals surface area contributed by atoms with Crippen LogP contribution < -0.4 is 5.32 Å². The molecule has 98 valence electrons. The lowest BCUT2D eigenvalue weighted by atomic mass is 10.1. The third-order valence-corrected chi connectivity index (χ3v) is 2.51. The molecule has 5 heteroatoms. The van der Waals surface area contributed by atoms with Crippen LogP contribution >= 0.6 is 0 Å². The van der Waals surface area contributed by atoms with Gasteiger partial charge < -0.3 is 5.32 Å².